The lowest BCUT2D eigenvalue weighted by Crippen LogP contribution is -2.10. The normalized spacial score (nSPS) is 11.9. The zero-order valence-electron chi connectivity index (χ0n) is 20.4. The summed E-state index contributed by atoms with van der Waals surface area (Å²) >= 11 is 6.37. The number of fused-ring (bicyclic) bond motifs is 1. The van der Waals surface area contributed by atoms with Crippen LogP contribution in [0.25, 0.3) is 22.4 Å². The summed E-state index contributed by atoms with van der Waals surface area (Å²) in [5.74, 6) is 0.454. The lowest BCUT2D eigenvalue weighted by atomic mass is 9.87. The van der Waals surface area contributed by atoms with Gasteiger partial charge in [0, 0.05) is 23.9 Å². The van der Waals surface area contributed by atoms with Crippen molar-refractivity contribution in [3.05, 3.63) is 77.1 Å². The highest BCUT2D eigenvalue weighted by atomic mass is 35.5. The quantitative estimate of drug-likeness (QED) is 0.299. The third kappa shape index (κ3) is 5.72. The number of nitrogens with one attached hydrogen (secondary N) is 1. The highest BCUT2D eigenvalue weighted by Crippen LogP contribution is 2.31. The van der Waals surface area contributed by atoms with Crippen LogP contribution >= 0.6 is 11.6 Å². The second-order valence-electron chi connectivity index (χ2n) is 9.92. The Labute approximate surface area is 206 Å². The number of hydrogen-bond donors (Lipinski definition) is 1. The molecule has 176 valence electrons. The Morgan fingerprint density at radius 2 is 1.76 bits per heavy atom. The lowest BCUT2D eigenvalue weighted by molar-refractivity contribution is 0.0950. The first kappa shape index (κ1) is 24.1. The van der Waals surface area contributed by atoms with Gasteiger partial charge in [-0.25, -0.2) is 9.97 Å². The van der Waals surface area contributed by atoms with E-state index in [1.54, 1.807) is 6.20 Å². The van der Waals surface area contributed by atoms with E-state index in [1.165, 1.54) is 5.56 Å². The largest absolute Gasteiger partial charge is 0.375 e. The zero-order chi connectivity index (χ0) is 24.3. The van der Waals surface area contributed by atoms with Gasteiger partial charge >= 0.3 is 0 Å². The Bertz CT molecular complexity index is 1280. The molecule has 0 atom stereocenters. The van der Waals surface area contributed by atoms with Crippen LogP contribution in [-0.4, -0.2) is 21.6 Å². The van der Waals surface area contributed by atoms with E-state index >= 15 is 0 Å². The first-order chi connectivity index (χ1) is 16.2. The monoisotopic (exact) mass is 474 g/mol. The van der Waals surface area contributed by atoms with Gasteiger partial charge in [-0.15, -0.1) is 0 Å². The molecule has 6 heteroatoms. The van der Waals surface area contributed by atoms with Crippen molar-refractivity contribution < 1.29 is 4.74 Å². The highest BCUT2D eigenvalue weighted by Gasteiger charge is 2.15. The molecule has 0 radical (unpaired) electrons. The van der Waals surface area contributed by atoms with Crippen LogP contribution in [-0.2, 0) is 16.8 Å². The Hall–Kier alpha value is -3.02. The maximum atomic E-state index is 6.37. The molecule has 0 unspecified atom stereocenters. The molecule has 5 nitrogen and oxygen atoms in total. The number of aromatic nitrogens is 3. The van der Waals surface area contributed by atoms with Crippen molar-refractivity contribution in [3.63, 3.8) is 0 Å². The fourth-order valence-electron chi connectivity index (χ4n) is 3.65. The van der Waals surface area contributed by atoms with Gasteiger partial charge in [-0.2, -0.15) is 0 Å². The Balaban J connectivity index is 1.73. The molecular weight excluding hydrogens is 444 g/mol. The van der Waals surface area contributed by atoms with Crippen LogP contribution in [0.2, 0.25) is 5.02 Å². The van der Waals surface area contributed by atoms with Gasteiger partial charge in [0.05, 0.1) is 28.7 Å². The molecule has 34 heavy (non-hydrogen) atoms. The molecule has 0 fully saturated rings. The molecule has 4 rings (SSSR count). The lowest BCUT2D eigenvalue weighted by Gasteiger charge is -2.19. The molecule has 1 N–H and O–H groups in total. The third-order valence-electron chi connectivity index (χ3n) is 5.46. The number of rotatable bonds is 7. The smallest absolute Gasteiger partial charge is 0.162 e. The van der Waals surface area contributed by atoms with Gasteiger partial charge in [0.1, 0.15) is 5.69 Å². The van der Waals surface area contributed by atoms with Gasteiger partial charge in [0.25, 0.3) is 0 Å². The van der Waals surface area contributed by atoms with Gasteiger partial charge in [0.2, 0.25) is 0 Å². The van der Waals surface area contributed by atoms with E-state index in [2.05, 4.69) is 69.2 Å². The average molecular weight is 475 g/mol. The van der Waals surface area contributed by atoms with Gasteiger partial charge in [-0.3, -0.25) is 4.98 Å². The molecule has 3 aromatic heterocycles. The Morgan fingerprint density at radius 3 is 2.44 bits per heavy atom. The molecule has 0 bridgehead atoms. The summed E-state index contributed by atoms with van der Waals surface area (Å²) in [5.41, 5.74) is 6.11. The predicted octanol–water partition coefficient (Wildman–Crippen LogP) is 7.56. The van der Waals surface area contributed by atoms with Crippen molar-refractivity contribution in [2.24, 2.45) is 5.92 Å². The summed E-state index contributed by atoms with van der Waals surface area (Å²) in [4.78, 5) is 14.0. The van der Waals surface area contributed by atoms with E-state index < -0.39 is 0 Å². The molecule has 4 aromatic rings. The van der Waals surface area contributed by atoms with Crippen LogP contribution in [0, 0.1) is 5.92 Å². The summed E-state index contributed by atoms with van der Waals surface area (Å²) in [6.45, 7) is 12.0. The van der Waals surface area contributed by atoms with Crippen LogP contribution in [0.5, 0.6) is 0 Å². The standard InChI is InChI=1S/C28H31ClN4O/c1-18(2)16-34-17-21-15-25(31-20-10-8-19(9-11-20)28(3,4)5)22-12-13-24(33-27(22)32-21)26-23(29)7-6-14-30-26/h6-15,18H,16-17H2,1-5H3,(H,31,32,33). The molecule has 0 aliphatic heterocycles. The second-order valence-corrected chi connectivity index (χ2v) is 10.3. The predicted molar refractivity (Wildman–Crippen MR) is 141 cm³/mol. The maximum absolute atomic E-state index is 6.37. The summed E-state index contributed by atoms with van der Waals surface area (Å²) in [5, 5.41) is 5.04. The van der Waals surface area contributed by atoms with Gasteiger partial charge in [-0.1, -0.05) is 58.4 Å². The molecular formula is C28H31ClN4O. The molecule has 3 heterocycles. The van der Waals surface area contributed by atoms with Crippen LogP contribution in [0.3, 0.4) is 0 Å². The topological polar surface area (TPSA) is 59.9 Å². The van der Waals surface area contributed by atoms with E-state index in [1.807, 2.05) is 30.3 Å². The maximum Gasteiger partial charge on any atom is 0.162 e. The van der Waals surface area contributed by atoms with E-state index in [-0.39, 0.29) is 5.41 Å². The van der Waals surface area contributed by atoms with Crippen LogP contribution in [0.15, 0.2) is 60.8 Å². The minimum absolute atomic E-state index is 0.107. The van der Waals surface area contributed by atoms with Gasteiger partial charge in [-0.05, 0) is 59.4 Å². The van der Waals surface area contributed by atoms with Crippen molar-refractivity contribution in [1.82, 2.24) is 15.0 Å². The third-order valence-corrected chi connectivity index (χ3v) is 5.76. The van der Waals surface area contributed by atoms with Crippen molar-refractivity contribution in [2.75, 3.05) is 11.9 Å². The average Bonchev–Trinajstić information content (AvgIpc) is 2.78. The molecule has 0 aliphatic rings. The van der Waals surface area contributed by atoms with Crippen LogP contribution < -0.4 is 5.32 Å². The number of ether oxygens (including phenoxy) is 1. The van der Waals surface area contributed by atoms with Crippen molar-refractivity contribution in [1.29, 1.82) is 0 Å². The minimum Gasteiger partial charge on any atom is -0.375 e. The summed E-state index contributed by atoms with van der Waals surface area (Å²) in [6.07, 6.45) is 1.71. The Morgan fingerprint density at radius 1 is 1.00 bits per heavy atom. The summed E-state index contributed by atoms with van der Waals surface area (Å²) in [6, 6.07) is 18.1. The number of anilines is 2. The first-order valence-electron chi connectivity index (χ1n) is 11.6. The number of nitrogens with zero attached hydrogens (tertiary/aromatic N) is 3. The summed E-state index contributed by atoms with van der Waals surface area (Å²) < 4.78 is 5.87. The van der Waals surface area contributed by atoms with Crippen molar-refractivity contribution in [2.45, 2.75) is 46.6 Å². The fourth-order valence-corrected chi connectivity index (χ4v) is 3.87. The van der Waals surface area contributed by atoms with E-state index in [0.717, 1.165) is 22.5 Å². The molecule has 0 amide bonds. The number of pyridine rings is 3. The summed E-state index contributed by atoms with van der Waals surface area (Å²) in [7, 11) is 0. The van der Waals surface area contributed by atoms with E-state index in [0.29, 0.717) is 41.2 Å². The molecule has 0 spiro atoms. The van der Waals surface area contributed by atoms with Gasteiger partial charge in [0.15, 0.2) is 5.65 Å². The van der Waals surface area contributed by atoms with E-state index in [4.69, 9.17) is 26.3 Å². The Kier molecular flexibility index (Phi) is 7.15. The zero-order valence-corrected chi connectivity index (χ0v) is 21.1. The first-order valence-corrected chi connectivity index (χ1v) is 12.0. The SMILES string of the molecule is CC(C)COCc1cc(Nc2ccc(C(C)(C)C)cc2)c2ccc(-c3ncccc3Cl)nc2n1. The fraction of sp³-hybridized carbons (Fsp3) is 0.321. The van der Waals surface area contributed by atoms with Crippen LogP contribution in [0.4, 0.5) is 11.4 Å². The molecule has 0 saturated carbocycles. The van der Waals surface area contributed by atoms with E-state index in [9.17, 15) is 0 Å². The van der Waals surface area contributed by atoms with Gasteiger partial charge < -0.3 is 10.1 Å². The number of hydrogen-bond acceptors (Lipinski definition) is 5. The van der Waals surface area contributed by atoms with Crippen LogP contribution in [0.1, 0.15) is 45.9 Å². The molecule has 0 aliphatic carbocycles. The van der Waals surface area contributed by atoms with Crippen molar-refractivity contribution in [3.8, 4) is 11.4 Å². The van der Waals surface area contributed by atoms with Crippen molar-refractivity contribution >= 4 is 34.0 Å². The highest BCUT2D eigenvalue weighted by molar-refractivity contribution is 6.32. The number of benzene rings is 1. The second kappa shape index (κ2) is 10.1. The number of halogens is 1. The molecule has 1 aromatic carbocycles. The molecule has 0 saturated heterocycles. The minimum atomic E-state index is 0.107.